The Morgan fingerprint density at radius 3 is 2.45 bits per heavy atom. The van der Waals surface area contributed by atoms with Crippen LogP contribution in [-0.4, -0.2) is 99.2 Å². The normalized spacial score (nSPS) is 17.8. The number of imide groups is 1. The molecule has 76 heavy (non-hydrogen) atoms. The van der Waals surface area contributed by atoms with Crippen LogP contribution in [0.25, 0.3) is 32.2 Å². The molecule has 4 amide bonds. The number of carboxylic acid groups (broad SMARTS) is 1. The summed E-state index contributed by atoms with van der Waals surface area (Å²) in [6.45, 7) is 2.12. The average molecular weight is 1060 g/mol. The highest BCUT2D eigenvalue weighted by Gasteiger charge is 2.47. The topological polar surface area (TPSA) is 210 Å². The summed E-state index contributed by atoms with van der Waals surface area (Å²) in [5, 5.41) is 24.5. The number of nitrogens with one attached hydrogen (secondary N) is 3. The molecular formula is C55H52F3N9O8S. The maximum atomic E-state index is 15.1. The fourth-order valence-corrected chi connectivity index (χ4v) is 12.5. The highest BCUT2D eigenvalue weighted by atomic mass is 32.1. The number of carbonyl (C=O) groups excluding carboxylic acids is 4. The third kappa shape index (κ3) is 9.68. The van der Waals surface area contributed by atoms with E-state index in [2.05, 4.69) is 35.9 Å². The van der Waals surface area contributed by atoms with Crippen LogP contribution in [0.3, 0.4) is 0 Å². The quantitative estimate of drug-likeness (QED) is 0.0797. The number of aromatic carboxylic acids is 1. The standard InChI is InChI=1S/C55H52F3N9O8S/c1-65-48-35(46(64-65)36-15-18-43(68)62-51(36)71)13-16-39(49(48)74-2)59-44(69)28-66-23-20-54(21-24-66)25-30(26-54)29-75-40-11-6-8-32(45(40)55(56,57)58)33-14-17-42(61-47(33)52(72)73)67-22-19-31-7-5-9-34(37(31)27-67)50(70)63-53-60-38-10-3-4-12-41(38)76-53/h3-14,16-17,30,36H,15,18-29H2,1-2H3,(H,59,69)(H,72,73)(H,60,63,70)(H,62,68,71). The van der Waals surface area contributed by atoms with Gasteiger partial charge in [0.2, 0.25) is 17.7 Å². The highest BCUT2D eigenvalue weighted by Crippen LogP contribution is 2.53. The van der Waals surface area contributed by atoms with Gasteiger partial charge >= 0.3 is 12.1 Å². The minimum atomic E-state index is -4.91. The van der Waals surface area contributed by atoms with E-state index in [1.54, 1.807) is 29.9 Å². The summed E-state index contributed by atoms with van der Waals surface area (Å²) in [5.41, 5.74) is 2.22. The van der Waals surface area contributed by atoms with Crippen LogP contribution in [0.15, 0.2) is 84.9 Å². The number of alkyl halides is 3. The Kier molecular flexibility index (Phi) is 13.2. The smallest absolute Gasteiger partial charge is 0.420 e. The van der Waals surface area contributed by atoms with Crippen LogP contribution < -0.4 is 30.3 Å². The number of carbonyl (C=O) groups is 5. The van der Waals surface area contributed by atoms with Gasteiger partial charge in [0, 0.05) is 48.6 Å². The number of thiazole rings is 1. The molecule has 6 heterocycles. The van der Waals surface area contributed by atoms with Crippen molar-refractivity contribution < 1.29 is 51.7 Å². The molecule has 4 aromatic carbocycles. The molecule has 3 fully saturated rings. The lowest BCUT2D eigenvalue weighted by molar-refractivity contribution is -0.139. The number of rotatable bonds is 13. The summed E-state index contributed by atoms with van der Waals surface area (Å²) in [6, 6.07) is 23.3. The zero-order chi connectivity index (χ0) is 53.0. The number of fused-ring (bicyclic) bond motifs is 3. The van der Waals surface area contributed by atoms with E-state index in [4.69, 9.17) is 9.47 Å². The van der Waals surface area contributed by atoms with E-state index in [9.17, 15) is 29.1 Å². The van der Waals surface area contributed by atoms with E-state index in [0.717, 1.165) is 47.0 Å². The third-order valence-electron chi connectivity index (χ3n) is 15.3. The lowest BCUT2D eigenvalue weighted by Gasteiger charge is -2.52. The van der Waals surface area contributed by atoms with Crippen molar-refractivity contribution in [3.05, 3.63) is 119 Å². The first-order chi connectivity index (χ1) is 36.5. The van der Waals surface area contributed by atoms with Crippen molar-refractivity contribution in [2.45, 2.75) is 63.6 Å². The largest absolute Gasteiger partial charge is 0.493 e. The van der Waals surface area contributed by atoms with Gasteiger partial charge in [-0.3, -0.25) is 39.4 Å². The number of halogens is 3. The molecule has 2 saturated heterocycles. The van der Waals surface area contributed by atoms with Gasteiger partial charge in [-0.1, -0.05) is 47.7 Å². The molecule has 1 spiro atoms. The van der Waals surface area contributed by atoms with Crippen molar-refractivity contribution in [3.8, 4) is 22.6 Å². The van der Waals surface area contributed by atoms with Crippen LogP contribution in [0.2, 0.25) is 0 Å². The molecule has 11 rings (SSSR count). The minimum Gasteiger partial charge on any atom is -0.493 e. The Morgan fingerprint density at radius 1 is 0.908 bits per heavy atom. The average Bonchev–Trinajstić information content (AvgIpc) is 3.97. The Labute approximate surface area is 437 Å². The van der Waals surface area contributed by atoms with Gasteiger partial charge in [0.15, 0.2) is 16.6 Å². The van der Waals surface area contributed by atoms with Gasteiger partial charge < -0.3 is 24.8 Å². The molecule has 4 aliphatic rings. The fraction of sp³-hybridized carbons (Fsp3) is 0.345. The van der Waals surface area contributed by atoms with Gasteiger partial charge in [0.05, 0.1) is 47.8 Å². The molecule has 1 atom stereocenters. The number of anilines is 3. The van der Waals surface area contributed by atoms with E-state index in [1.807, 2.05) is 41.3 Å². The Bertz CT molecular complexity index is 3460. The van der Waals surface area contributed by atoms with Gasteiger partial charge in [-0.15, -0.1) is 0 Å². The fourth-order valence-electron chi connectivity index (χ4n) is 11.6. The number of aryl methyl sites for hydroxylation is 1. The number of ether oxygens (including phenoxy) is 2. The Balaban J connectivity index is 0.717. The number of carboxylic acids is 1. The summed E-state index contributed by atoms with van der Waals surface area (Å²) < 4.78 is 59.7. The van der Waals surface area contributed by atoms with Gasteiger partial charge in [0.1, 0.15) is 22.6 Å². The number of hydrogen-bond donors (Lipinski definition) is 4. The minimum absolute atomic E-state index is 0.00578. The number of para-hydroxylation sites is 1. The second-order valence-corrected chi connectivity index (χ2v) is 21.1. The Morgan fingerprint density at radius 2 is 1.70 bits per heavy atom. The molecular weight excluding hydrogens is 1000 g/mol. The summed E-state index contributed by atoms with van der Waals surface area (Å²) in [4.78, 5) is 77.2. The van der Waals surface area contributed by atoms with Crippen molar-refractivity contribution in [2.75, 3.05) is 55.4 Å². The number of hydrogen-bond acceptors (Lipinski definition) is 13. The van der Waals surface area contributed by atoms with Crippen molar-refractivity contribution in [3.63, 3.8) is 0 Å². The molecule has 392 valence electrons. The zero-order valence-electron chi connectivity index (χ0n) is 41.5. The number of benzene rings is 4. The van der Waals surface area contributed by atoms with E-state index >= 15 is 13.2 Å². The number of piperidine rings is 2. The maximum absolute atomic E-state index is 15.1. The number of methoxy groups -OCH3 is 1. The van der Waals surface area contributed by atoms with E-state index in [-0.39, 0.29) is 72.1 Å². The van der Waals surface area contributed by atoms with Crippen molar-refractivity contribution >= 4 is 78.7 Å². The number of likely N-dealkylation sites (tertiary alicyclic amines) is 1. The summed E-state index contributed by atoms with van der Waals surface area (Å²) in [6.07, 6.45) is -0.724. The first-order valence-electron chi connectivity index (χ1n) is 25.0. The predicted molar refractivity (Wildman–Crippen MR) is 278 cm³/mol. The van der Waals surface area contributed by atoms with Crippen LogP contribution in [-0.2, 0) is 40.6 Å². The molecule has 21 heteroatoms. The van der Waals surface area contributed by atoms with Crippen molar-refractivity contribution in [1.29, 1.82) is 0 Å². The second kappa shape index (κ2) is 20.0. The van der Waals surface area contributed by atoms with Crippen molar-refractivity contribution in [2.24, 2.45) is 18.4 Å². The van der Waals surface area contributed by atoms with E-state index in [1.165, 1.54) is 48.8 Å². The molecule has 3 aliphatic heterocycles. The lowest BCUT2D eigenvalue weighted by Crippen LogP contribution is -2.49. The molecule has 0 bridgehead atoms. The van der Waals surface area contributed by atoms with Gasteiger partial charge in [-0.2, -0.15) is 18.3 Å². The first kappa shape index (κ1) is 50.3. The number of aromatic nitrogens is 4. The summed E-state index contributed by atoms with van der Waals surface area (Å²) in [7, 11) is 3.22. The maximum Gasteiger partial charge on any atom is 0.420 e. The third-order valence-corrected chi connectivity index (χ3v) is 16.2. The zero-order valence-corrected chi connectivity index (χ0v) is 42.3. The summed E-state index contributed by atoms with van der Waals surface area (Å²) >= 11 is 1.36. The lowest BCUT2D eigenvalue weighted by atomic mass is 9.58. The SMILES string of the molecule is COc1c(NC(=O)CN2CCC3(CC2)CC(COc2cccc(-c4ccc(N5CCc6cccc(C(=O)Nc7nc8ccccc8s7)c6C5)nc4C(=O)O)c2C(F)(F)F)C3)ccc2c(C3CCC(=O)NC3=O)nn(C)c12. The number of nitrogens with zero attached hydrogens (tertiary/aromatic N) is 6. The van der Waals surface area contributed by atoms with Crippen LogP contribution in [0.4, 0.5) is 29.8 Å². The monoisotopic (exact) mass is 1060 g/mol. The number of pyridine rings is 1. The highest BCUT2D eigenvalue weighted by molar-refractivity contribution is 7.22. The molecule has 1 aliphatic carbocycles. The predicted octanol–water partition coefficient (Wildman–Crippen LogP) is 8.82. The molecule has 0 radical (unpaired) electrons. The van der Waals surface area contributed by atoms with Gasteiger partial charge in [-0.25, -0.2) is 14.8 Å². The molecule has 1 saturated carbocycles. The Hall–Kier alpha value is -7.91. The van der Waals surface area contributed by atoms with Crippen LogP contribution in [0, 0.1) is 11.3 Å². The van der Waals surface area contributed by atoms with Gasteiger partial charge in [-0.05, 0) is 123 Å². The molecule has 3 aromatic heterocycles. The summed E-state index contributed by atoms with van der Waals surface area (Å²) in [5.74, 6) is -3.16. The van der Waals surface area contributed by atoms with E-state index < -0.39 is 41.0 Å². The van der Waals surface area contributed by atoms with Crippen molar-refractivity contribution in [1.82, 2.24) is 30.0 Å². The molecule has 4 N–H and O–H groups in total. The van der Waals surface area contributed by atoms with Crippen LogP contribution in [0.5, 0.6) is 11.5 Å². The number of amides is 4. The first-order valence-corrected chi connectivity index (χ1v) is 25.9. The van der Waals surface area contributed by atoms with Crippen LogP contribution >= 0.6 is 11.3 Å². The van der Waals surface area contributed by atoms with E-state index in [0.29, 0.717) is 71.2 Å². The second-order valence-electron chi connectivity index (χ2n) is 20.1. The molecule has 7 aromatic rings. The molecule has 1 unspecified atom stereocenters. The van der Waals surface area contributed by atoms with Crippen LogP contribution in [0.1, 0.15) is 87.7 Å². The van der Waals surface area contributed by atoms with Gasteiger partial charge in [0.25, 0.3) is 5.91 Å². The molecule has 17 nitrogen and oxygen atoms in total.